The summed E-state index contributed by atoms with van der Waals surface area (Å²) in [5.74, 6) is -0.883. The van der Waals surface area contributed by atoms with Crippen LogP contribution in [0.4, 0.5) is 16.2 Å². The summed E-state index contributed by atoms with van der Waals surface area (Å²) in [6.45, 7) is 2.11. The molecule has 3 aromatic carbocycles. The van der Waals surface area contributed by atoms with E-state index in [0.29, 0.717) is 32.8 Å². The number of anilines is 1. The maximum Gasteiger partial charge on any atom is 0.335 e. The van der Waals surface area contributed by atoms with E-state index < -0.39 is 22.8 Å². The highest BCUT2D eigenvalue weighted by Crippen LogP contribution is 2.38. The lowest BCUT2D eigenvalue weighted by Gasteiger charge is -2.26. The van der Waals surface area contributed by atoms with Crippen LogP contribution < -0.4 is 19.7 Å². The number of carbonyl (C=O) groups is 3. The lowest BCUT2D eigenvalue weighted by atomic mass is 10.1. The third-order valence-electron chi connectivity index (χ3n) is 5.80. The first-order valence-electron chi connectivity index (χ1n) is 11.5. The minimum Gasteiger partial charge on any atom is -0.493 e. The van der Waals surface area contributed by atoms with Gasteiger partial charge in [0.25, 0.3) is 17.5 Å². The Morgan fingerprint density at radius 1 is 1.03 bits per heavy atom. The van der Waals surface area contributed by atoms with Gasteiger partial charge in [-0.15, -0.1) is 0 Å². The number of aryl methyl sites for hydroxylation is 1. The van der Waals surface area contributed by atoms with Crippen LogP contribution >= 0.6 is 15.9 Å². The Morgan fingerprint density at radius 2 is 1.68 bits per heavy atom. The number of nitro groups is 1. The van der Waals surface area contributed by atoms with E-state index in [1.165, 1.54) is 25.3 Å². The molecule has 0 radical (unpaired) electrons. The number of nitrogens with zero attached hydrogens (tertiary/aromatic N) is 2. The molecule has 0 atom stereocenters. The zero-order chi connectivity index (χ0) is 27.4. The molecule has 0 spiro atoms. The number of benzene rings is 3. The van der Waals surface area contributed by atoms with Gasteiger partial charge in [-0.05, 0) is 81.5 Å². The lowest BCUT2D eigenvalue weighted by molar-refractivity contribution is -0.384. The van der Waals surface area contributed by atoms with Crippen molar-refractivity contribution in [2.75, 3.05) is 12.0 Å². The van der Waals surface area contributed by atoms with E-state index in [1.54, 1.807) is 36.4 Å². The van der Waals surface area contributed by atoms with Gasteiger partial charge in [-0.1, -0.05) is 19.1 Å². The number of ether oxygens (including phenoxy) is 2. The summed E-state index contributed by atoms with van der Waals surface area (Å²) in [4.78, 5) is 49.5. The number of hydrogen-bond acceptors (Lipinski definition) is 7. The summed E-state index contributed by atoms with van der Waals surface area (Å²) in [6, 6.07) is 15.3. The van der Waals surface area contributed by atoms with Gasteiger partial charge in [0.15, 0.2) is 11.5 Å². The Bertz CT molecular complexity index is 1450. The van der Waals surface area contributed by atoms with Gasteiger partial charge in [0.2, 0.25) is 0 Å². The van der Waals surface area contributed by atoms with Gasteiger partial charge in [-0.3, -0.25) is 25.0 Å². The molecule has 0 bridgehead atoms. The molecule has 3 aromatic rings. The van der Waals surface area contributed by atoms with Gasteiger partial charge >= 0.3 is 6.03 Å². The van der Waals surface area contributed by atoms with Crippen molar-refractivity contribution in [1.29, 1.82) is 0 Å². The molecule has 0 saturated carbocycles. The number of barbiturate groups is 1. The average Bonchev–Trinajstić information content (AvgIpc) is 2.90. The first-order valence-corrected chi connectivity index (χ1v) is 12.2. The number of urea groups is 1. The monoisotopic (exact) mass is 579 g/mol. The van der Waals surface area contributed by atoms with Gasteiger partial charge in [-0.2, -0.15) is 0 Å². The number of amides is 4. The Labute approximate surface area is 226 Å². The molecule has 0 unspecified atom stereocenters. The topological polar surface area (TPSA) is 128 Å². The minimum absolute atomic E-state index is 0.0237. The molecule has 11 heteroatoms. The van der Waals surface area contributed by atoms with E-state index in [2.05, 4.69) is 21.2 Å². The average molecular weight is 580 g/mol. The normalized spacial score (nSPS) is 14.4. The van der Waals surface area contributed by atoms with Gasteiger partial charge in [0, 0.05) is 12.1 Å². The van der Waals surface area contributed by atoms with Crippen molar-refractivity contribution >= 4 is 51.2 Å². The summed E-state index contributed by atoms with van der Waals surface area (Å²) in [5.41, 5.74) is 2.29. The van der Waals surface area contributed by atoms with Gasteiger partial charge in [-0.25, -0.2) is 9.69 Å². The first kappa shape index (κ1) is 26.6. The number of carbonyl (C=O) groups excluding carboxylic acids is 3. The lowest BCUT2D eigenvalue weighted by Crippen LogP contribution is -2.54. The second kappa shape index (κ2) is 11.3. The van der Waals surface area contributed by atoms with Crippen LogP contribution in [0.15, 0.2) is 70.7 Å². The third kappa shape index (κ3) is 5.57. The largest absolute Gasteiger partial charge is 0.493 e. The summed E-state index contributed by atoms with van der Waals surface area (Å²) in [6.07, 6.45) is 2.17. The molecule has 0 aromatic heterocycles. The van der Waals surface area contributed by atoms with E-state index in [9.17, 15) is 24.5 Å². The minimum atomic E-state index is -0.824. The van der Waals surface area contributed by atoms with Crippen LogP contribution in [-0.2, 0) is 22.6 Å². The van der Waals surface area contributed by atoms with Crippen LogP contribution in [0.2, 0.25) is 0 Å². The van der Waals surface area contributed by atoms with Crippen LogP contribution in [0.25, 0.3) is 6.08 Å². The molecule has 10 nitrogen and oxygen atoms in total. The molecule has 1 heterocycles. The molecule has 1 fully saturated rings. The van der Waals surface area contributed by atoms with Crippen LogP contribution in [-0.4, -0.2) is 29.9 Å². The summed E-state index contributed by atoms with van der Waals surface area (Å²) >= 11 is 3.44. The summed E-state index contributed by atoms with van der Waals surface area (Å²) in [5, 5.41) is 13.1. The number of nitrogens with one attached hydrogen (secondary N) is 1. The second-order valence-corrected chi connectivity index (χ2v) is 9.08. The van der Waals surface area contributed by atoms with Crippen molar-refractivity contribution in [1.82, 2.24) is 5.32 Å². The number of non-ortho nitro benzene ring substituents is 1. The van der Waals surface area contributed by atoms with Crippen LogP contribution in [0.5, 0.6) is 11.5 Å². The van der Waals surface area contributed by atoms with E-state index in [0.717, 1.165) is 16.9 Å². The predicted octanol–water partition coefficient (Wildman–Crippen LogP) is 5.17. The number of halogens is 1. The number of methoxy groups -OCH3 is 1. The molecular formula is C27H22BrN3O7. The standard InChI is InChI=1S/C27H22BrN3O7/c1-3-16-4-8-19(9-5-16)30-26(33)21(25(32)29-27(30)34)12-18-13-22(28)24(23(14-18)37-2)38-15-17-6-10-20(11-7-17)31(35)36/h4-14H,3,15H2,1-2H3,(H,29,32,34)/b21-12-. The summed E-state index contributed by atoms with van der Waals surface area (Å²) < 4.78 is 11.8. The molecule has 1 aliphatic heterocycles. The molecule has 1 aliphatic rings. The number of imide groups is 2. The van der Waals surface area contributed by atoms with Crippen molar-refractivity contribution < 1.29 is 28.8 Å². The smallest absolute Gasteiger partial charge is 0.335 e. The quantitative estimate of drug-likeness (QED) is 0.168. The SMILES string of the molecule is CCc1ccc(N2C(=O)NC(=O)/C(=C/c3cc(Br)c(OCc4ccc([N+](=O)[O-])cc4)c(OC)c3)C2=O)cc1. The molecule has 38 heavy (non-hydrogen) atoms. The van der Waals surface area contributed by atoms with Crippen LogP contribution in [0.1, 0.15) is 23.6 Å². The fourth-order valence-electron chi connectivity index (χ4n) is 3.77. The highest BCUT2D eigenvalue weighted by molar-refractivity contribution is 9.10. The molecule has 194 valence electrons. The third-order valence-corrected chi connectivity index (χ3v) is 6.39. The zero-order valence-corrected chi connectivity index (χ0v) is 22.0. The Balaban J connectivity index is 1.59. The van der Waals surface area contributed by atoms with Crippen LogP contribution in [0, 0.1) is 10.1 Å². The molecule has 0 aliphatic carbocycles. The van der Waals surface area contributed by atoms with Crippen LogP contribution in [0.3, 0.4) is 0 Å². The second-order valence-electron chi connectivity index (χ2n) is 8.22. The fraction of sp³-hybridized carbons (Fsp3) is 0.148. The molecule has 1 saturated heterocycles. The van der Waals surface area contributed by atoms with Crippen molar-refractivity contribution in [3.8, 4) is 11.5 Å². The zero-order valence-electron chi connectivity index (χ0n) is 20.4. The maximum atomic E-state index is 13.2. The predicted molar refractivity (Wildman–Crippen MR) is 143 cm³/mol. The van der Waals surface area contributed by atoms with E-state index in [-0.39, 0.29) is 17.9 Å². The Kier molecular flexibility index (Phi) is 7.87. The highest BCUT2D eigenvalue weighted by atomic mass is 79.9. The first-order chi connectivity index (χ1) is 18.2. The number of hydrogen-bond donors (Lipinski definition) is 1. The van der Waals surface area contributed by atoms with E-state index >= 15 is 0 Å². The highest BCUT2D eigenvalue weighted by Gasteiger charge is 2.36. The fourth-order valence-corrected chi connectivity index (χ4v) is 4.35. The van der Waals surface area contributed by atoms with E-state index in [4.69, 9.17) is 9.47 Å². The van der Waals surface area contributed by atoms with Gasteiger partial charge < -0.3 is 9.47 Å². The van der Waals surface area contributed by atoms with Crippen molar-refractivity contribution in [2.24, 2.45) is 0 Å². The summed E-state index contributed by atoms with van der Waals surface area (Å²) in [7, 11) is 1.44. The van der Waals surface area contributed by atoms with E-state index in [1.807, 2.05) is 19.1 Å². The maximum absolute atomic E-state index is 13.2. The van der Waals surface area contributed by atoms with Crippen molar-refractivity contribution in [3.05, 3.63) is 97.5 Å². The van der Waals surface area contributed by atoms with Gasteiger partial charge in [0.05, 0.1) is 22.2 Å². The van der Waals surface area contributed by atoms with Crippen molar-refractivity contribution in [3.63, 3.8) is 0 Å². The molecular weight excluding hydrogens is 558 g/mol. The van der Waals surface area contributed by atoms with Gasteiger partial charge in [0.1, 0.15) is 12.2 Å². The molecule has 1 N–H and O–H groups in total. The Morgan fingerprint density at radius 3 is 2.29 bits per heavy atom. The molecule has 4 amide bonds. The Hall–Kier alpha value is -4.51. The number of rotatable bonds is 8. The molecule has 4 rings (SSSR count). The number of nitro benzene ring substituents is 1. The van der Waals surface area contributed by atoms with Crippen molar-refractivity contribution in [2.45, 2.75) is 20.0 Å².